The van der Waals surface area contributed by atoms with Crippen LogP contribution in [0.15, 0.2) is 36.0 Å². The lowest BCUT2D eigenvalue weighted by Crippen LogP contribution is -2.51. The molecule has 0 heterocycles. The van der Waals surface area contributed by atoms with Crippen molar-refractivity contribution in [3.63, 3.8) is 0 Å². The molecule has 0 amide bonds. The molecule has 4 aliphatic carbocycles. The summed E-state index contributed by atoms with van der Waals surface area (Å²) >= 11 is 0. The molecule has 35 heavy (non-hydrogen) atoms. The maximum absolute atomic E-state index is 11.5. The van der Waals surface area contributed by atoms with Gasteiger partial charge < -0.3 is 4.74 Å². The largest absolute Gasteiger partial charge is 0.462 e. The van der Waals surface area contributed by atoms with Gasteiger partial charge >= 0.3 is 5.97 Å². The van der Waals surface area contributed by atoms with E-state index in [1.165, 1.54) is 44.1 Å². The van der Waals surface area contributed by atoms with Crippen LogP contribution in [-0.2, 0) is 9.53 Å². The third kappa shape index (κ3) is 4.73. The van der Waals surface area contributed by atoms with Crippen molar-refractivity contribution in [3.8, 4) is 0 Å². The van der Waals surface area contributed by atoms with Crippen molar-refractivity contribution >= 4 is 5.97 Å². The van der Waals surface area contributed by atoms with E-state index >= 15 is 0 Å². The van der Waals surface area contributed by atoms with Crippen LogP contribution in [0, 0.1) is 51.8 Å². The number of carbonyl (C=O) groups excluding carboxylic acids is 1. The molecular formula is C33H52O2. The minimum absolute atomic E-state index is 0.0586. The molecule has 8 unspecified atom stereocenters. The van der Waals surface area contributed by atoms with Gasteiger partial charge in [-0.2, -0.15) is 0 Å². The Morgan fingerprint density at radius 3 is 2.49 bits per heavy atom. The molecule has 0 radical (unpaired) electrons. The van der Waals surface area contributed by atoms with Crippen molar-refractivity contribution in [3.05, 3.63) is 36.0 Å². The molecule has 0 aliphatic heterocycles. The summed E-state index contributed by atoms with van der Waals surface area (Å²) in [5.74, 6) is 4.27. The van der Waals surface area contributed by atoms with Crippen molar-refractivity contribution in [2.24, 2.45) is 51.8 Å². The molecular weight excluding hydrogens is 428 g/mol. The van der Waals surface area contributed by atoms with E-state index < -0.39 is 0 Å². The zero-order valence-electron chi connectivity index (χ0n) is 24.0. The fourth-order valence-electron chi connectivity index (χ4n) is 9.24. The molecule has 4 aliphatic rings. The molecule has 8 atom stereocenters. The van der Waals surface area contributed by atoms with Crippen LogP contribution in [0.2, 0.25) is 0 Å². The average Bonchev–Trinajstić information content (AvgIpc) is 3.14. The molecule has 0 saturated heterocycles. The number of fused-ring (bicyclic) bond motifs is 5. The quantitative estimate of drug-likeness (QED) is 0.280. The van der Waals surface area contributed by atoms with Gasteiger partial charge in [-0.05, 0) is 91.3 Å². The summed E-state index contributed by atoms with van der Waals surface area (Å²) in [4.78, 5) is 11.5. The van der Waals surface area contributed by atoms with Gasteiger partial charge in [-0.15, -0.1) is 0 Å². The van der Waals surface area contributed by atoms with Crippen molar-refractivity contribution in [1.29, 1.82) is 0 Å². The van der Waals surface area contributed by atoms with E-state index in [-0.39, 0.29) is 17.5 Å². The summed E-state index contributed by atoms with van der Waals surface area (Å²) in [6, 6.07) is 0. The zero-order chi connectivity index (χ0) is 25.8. The second-order valence-corrected chi connectivity index (χ2v) is 14.1. The Labute approximate surface area is 216 Å². The van der Waals surface area contributed by atoms with Gasteiger partial charge in [0.2, 0.25) is 0 Å². The normalized spacial score (nSPS) is 40.0. The molecule has 0 aromatic carbocycles. The fourth-order valence-corrected chi connectivity index (χ4v) is 9.24. The van der Waals surface area contributed by atoms with Gasteiger partial charge in [0.25, 0.3) is 0 Å². The average molecular weight is 481 g/mol. The van der Waals surface area contributed by atoms with Gasteiger partial charge in [-0.3, -0.25) is 4.79 Å². The number of carbonyl (C=O) groups is 1. The number of esters is 1. The molecule has 0 aromatic heterocycles. The standard InChI is InChI=1S/C33H52O2/c1-21(2)23(4)31(6,7)17-14-22(3)28-12-13-29-27-11-10-25-20-26(35-24(5)34)15-18-32(25,8)30(27)16-19-33(28,29)9/h10,14,17,21-22,26-30H,4,11-13,15-16,18-20H2,1-3,5-9H3. The number of allylic oxidation sites excluding steroid dienone is 4. The zero-order valence-corrected chi connectivity index (χ0v) is 24.0. The van der Waals surface area contributed by atoms with Crippen LogP contribution in [-0.4, -0.2) is 12.1 Å². The van der Waals surface area contributed by atoms with Gasteiger partial charge in [-0.1, -0.05) is 84.4 Å². The monoisotopic (exact) mass is 480 g/mol. The van der Waals surface area contributed by atoms with Crippen molar-refractivity contribution in [2.45, 2.75) is 113 Å². The first-order chi connectivity index (χ1) is 16.3. The SMILES string of the molecule is C=C(C(C)C)C(C)(C)C=CC(C)C1CCC2C3CC=C4CC(OC(C)=O)CCC4(C)C3CCC12C. The predicted octanol–water partition coefficient (Wildman–Crippen LogP) is 8.93. The smallest absolute Gasteiger partial charge is 0.302 e. The Hall–Kier alpha value is -1.31. The summed E-state index contributed by atoms with van der Waals surface area (Å²) < 4.78 is 5.63. The Balaban J connectivity index is 1.50. The summed E-state index contributed by atoms with van der Waals surface area (Å²) in [6.07, 6.45) is 17.6. The molecule has 196 valence electrons. The Kier molecular flexibility index (Phi) is 7.28. The molecule has 2 nitrogen and oxygen atoms in total. The number of ether oxygens (including phenoxy) is 1. The second-order valence-electron chi connectivity index (χ2n) is 14.1. The first-order valence-corrected chi connectivity index (χ1v) is 14.5. The third-order valence-electron chi connectivity index (χ3n) is 11.4. The molecule has 4 rings (SSSR count). The number of hydrogen-bond donors (Lipinski definition) is 0. The Bertz CT molecular complexity index is 891. The molecule has 0 aromatic rings. The van der Waals surface area contributed by atoms with Crippen LogP contribution in [0.5, 0.6) is 0 Å². The number of hydrogen-bond acceptors (Lipinski definition) is 2. The maximum atomic E-state index is 11.5. The van der Waals surface area contributed by atoms with E-state index in [2.05, 4.69) is 73.3 Å². The second kappa shape index (κ2) is 9.53. The topological polar surface area (TPSA) is 26.3 Å². The summed E-state index contributed by atoms with van der Waals surface area (Å²) in [5.41, 5.74) is 3.76. The predicted molar refractivity (Wildman–Crippen MR) is 147 cm³/mol. The fraction of sp³-hybridized carbons (Fsp3) is 0.788. The lowest BCUT2D eigenvalue weighted by atomic mass is 9.47. The summed E-state index contributed by atoms with van der Waals surface area (Å²) in [5, 5.41) is 0. The minimum Gasteiger partial charge on any atom is -0.462 e. The molecule has 0 N–H and O–H groups in total. The van der Waals surface area contributed by atoms with Crippen LogP contribution in [0.1, 0.15) is 107 Å². The van der Waals surface area contributed by atoms with Crippen LogP contribution in [0.3, 0.4) is 0 Å². The first kappa shape index (κ1) is 26.7. The molecule has 0 bridgehead atoms. The Morgan fingerprint density at radius 2 is 1.83 bits per heavy atom. The van der Waals surface area contributed by atoms with Crippen LogP contribution >= 0.6 is 0 Å². The minimum atomic E-state index is -0.126. The van der Waals surface area contributed by atoms with Crippen LogP contribution in [0.25, 0.3) is 0 Å². The van der Waals surface area contributed by atoms with E-state index in [0.717, 1.165) is 36.5 Å². The van der Waals surface area contributed by atoms with E-state index in [9.17, 15) is 4.79 Å². The molecule has 2 heteroatoms. The Morgan fingerprint density at radius 1 is 1.11 bits per heavy atom. The number of rotatable bonds is 6. The molecule has 0 spiro atoms. The van der Waals surface area contributed by atoms with E-state index in [4.69, 9.17) is 4.74 Å². The van der Waals surface area contributed by atoms with Gasteiger partial charge in [-0.25, -0.2) is 0 Å². The van der Waals surface area contributed by atoms with E-state index in [1.54, 1.807) is 12.5 Å². The van der Waals surface area contributed by atoms with Crippen molar-refractivity contribution in [1.82, 2.24) is 0 Å². The molecule has 3 saturated carbocycles. The third-order valence-corrected chi connectivity index (χ3v) is 11.4. The van der Waals surface area contributed by atoms with Crippen LogP contribution < -0.4 is 0 Å². The maximum Gasteiger partial charge on any atom is 0.302 e. The summed E-state index contributed by atoms with van der Waals surface area (Å²) in [7, 11) is 0. The highest BCUT2D eigenvalue weighted by Crippen LogP contribution is 2.67. The van der Waals surface area contributed by atoms with Crippen molar-refractivity contribution in [2.75, 3.05) is 0 Å². The van der Waals surface area contributed by atoms with E-state index in [1.807, 2.05) is 0 Å². The van der Waals surface area contributed by atoms with Gasteiger partial charge in [0.05, 0.1) is 0 Å². The van der Waals surface area contributed by atoms with Gasteiger partial charge in [0.1, 0.15) is 6.10 Å². The van der Waals surface area contributed by atoms with Gasteiger partial charge in [0.15, 0.2) is 0 Å². The molecule has 3 fully saturated rings. The lowest BCUT2D eigenvalue weighted by molar-refractivity contribution is -0.148. The highest BCUT2D eigenvalue weighted by atomic mass is 16.5. The highest BCUT2D eigenvalue weighted by Gasteiger charge is 2.59. The summed E-state index contributed by atoms with van der Waals surface area (Å²) in [6.45, 7) is 22.8. The lowest BCUT2D eigenvalue weighted by Gasteiger charge is -2.58. The van der Waals surface area contributed by atoms with Gasteiger partial charge in [0, 0.05) is 18.8 Å². The van der Waals surface area contributed by atoms with E-state index in [0.29, 0.717) is 22.7 Å². The highest BCUT2D eigenvalue weighted by molar-refractivity contribution is 5.66. The van der Waals surface area contributed by atoms with Crippen LogP contribution in [0.4, 0.5) is 0 Å². The van der Waals surface area contributed by atoms with Crippen molar-refractivity contribution < 1.29 is 9.53 Å². The first-order valence-electron chi connectivity index (χ1n) is 14.5.